The van der Waals surface area contributed by atoms with Gasteiger partial charge in [0.15, 0.2) is 0 Å². The maximum Gasteiger partial charge on any atom is 0.244 e. The molecular formula is C19H30FN3O3S2. The van der Waals surface area contributed by atoms with Crippen molar-refractivity contribution in [1.29, 1.82) is 0 Å². The van der Waals surface area contributed by atoms with Crippen LogP contribution < -0.4 is 10.0 Å². The van der Waals surface area contributed by atoms with Gasteiger partial charge in [-0.2, -0.15) is 16.5 Å². The first-order valence-corrected chi connectivity index (χ1v) is 12.5. The molecule has 2 atom stereocenters. The van der Waals surface area contributed by atoms with Gasteiger partial charge in [-0.1, -0.05) is 18.6 Å². The van der Waals surface area contributed by atoms with Gasteiger partial charge in [-0.05, 0) is 63.4 Å². The number of nitrogens with zero attached hydrogens (tertiary/aromatic N) is 1. The van der Waals surface area contributed by atoms with Crippen LogP contribution in [0.4, 0.5) is 4.39 Å². The zero-order valence-electron chi connectivity index (χ0n) is 16.5. The fraction of sp³-hybridized carbons (Fsp3) is 0.632. The molecule has 0 spiro atoms. The van der Waals surface area contributed by atoms with Crippen LogP contribution in [0.15, 0.2) is 29.2 Å². The molecular weight excluding hydrogens is 401 g/mol. The number of carbonyl (C=O) groups is 1. The molecule has 1 aliphatic rings. The lowest BCUT2D eigenvalue weighted by molar-refractivity contribution is -0.123. The summed E-state index contributed by atoms with van der Waals surface area (Å²) in [5.74, 6) is -0.603. The number of piperidine rings is 1. The summed E-state index contributed by atoms with van der Waals surface area (Å²) in [5.41, 5.74) is 0. The van der Waals surface area contributed by atoms with Gasteiger partial charge in [-0.15, -0.1) is 0 Å². The van der Waals surface area contributed by atoms with Gasteiger partial charge in [-0.3, -0.25) is 4.79 Å². The molecule has 6 nitrogen and oxygen atoms in total. The molecule has 1 fully saturated rings. The topological polar surface area (TPSA) is 78.5 Å². The van der Waals surface area contributed by atoms with Crippen LogP contribution in [0, 0.1) is 5.82 Å². The molecule has 0 saturated carbocycles. The van der Waals surface area contributed by atoms with Gasteiger partial charge in [0.25, 0.3) is 0 Å². The summed E-state index contributed by atoms with van der Waals surface area (Å²) in [4.78, 5) is 14.6. The maximum atomic E-state index is 13.9. The number of carbonyl (C=O) groups excluding carboxylic acids is 1. The van der Waals surface area contributed by atoms with Crippen LogP contribution in [0.1, 0.15) is 32.6 Å². The van der Waals surface area contributed by atoms with E-state index in [4.69, 9.17) is 0 Å². The largest absolute Gasteiger partial charge is 0.351 e. The Kier molecular flexibility index (Phi) is 9.20. The molecule has 9 heteroatoms. The molecule has 1 aromatic carbocycles. The van der Waals surface area contributed by atoms with Crippen molar-refractivity contribution in [1.82, 2.24) is 14.9 Å². The highest BCUT2D eigenvalue weighted by Gasteiger charge is 2.28. The van der Waals surface area contributed by atoms with Crippen molar-refractivity contribution in [2.75, 3.05) is 31.6 Å². The Morgan fingerprint density at radius 3 is 2.57 bits per heavy atom. The van der Waals surface area contributed by atoms with Gasteiger partial charge in [0.2, 0.25) is 15.9 Å². The zero-order valence-corrected chi connectivity index (χ0v) is 18.1. The zero-order chi connectivity index (χ0) is 20.6. The molecule has 1 aliphatic heterocycles. The molecule has 1 heterocycles. The number of nitrogens with one attached hydrogen (secondary N) is 2. The number of benzene rings is 1. The number of likely N-dealkylation sites (tertiary alicyclic amines) is 1. The lowest BCUT2D eigenvalue weighted by Crippen LogP contribution is -2.52. The molecule has 0 bridgehead atoms. The number of sulfonamides is 1. The molecule has 0 radical (unpaired) electrons. The minimum atomic E-state index is -4.13. The van der Waals surface area contributed by atoms with Gasteiger partial charge in [-0.25, -0.2) is 12.8 Å². The predicted molar refractivity (Wildman–Crippen MR) is 111 cm³/mol. The Morgan fingerprint density at radius 1 is 1.25 bits per heavy atom. The Hall–Kier alpha value is -1.16. The van der Waals surface area contributed by atoms with Crippen molar-refractivity contribution in [2.24, 2.45) is 0 Å². The first kappa shape index (κ1) is 23.1. The van der Waals surface area contributed by atoms with Crippen LogP contribution >= 0.6 is 11.8 Å². The summed E-state index contributed by atoms with van der Waals surface area (Å²) in [6, 6.07) is 4.12. The Morgan fingerprint density at radius 2 is 1.93 bits per heavy atom. The number of hydrogen-bond acceptors (Lipinski definition) is 5. The highest BCUT2D eigenvalue weighted by atomic mass is 32.2. The Bertz CT molecular complexity index is 740. The van der Waals surface area contributed by atoms with Crippen molar-refractivity contribution in [2.45, 2.75) is 49.6 Å². The van der Waals surface area contributed by atoms with E-state index in [2.05, 4.69) is 14.9 Å². The van der Waals surface area contributed by atoms with Gasteiger partial charge in [0, 0.05) is 12.6 Å². The fourth-order valence-corrected chi connectivity index (χ4v) is 5.09. The first-order valence-electron chi connectivity index (χ1n) is 9.62. The van der Waals surface area contributed by atoms with E-state index in [0.29, 0.717) is 12.2 Å². The lowest BCUT2D eigenvalue weighted by atomic mass is 10.1. The van der Waals surface area contributed by atoms with Gasteiger partial charge < -0.3 is 10.2 Å². The lowest BCUT2D eigenvalue weighted by Gasteiger charge is -2.30. The van der Waals surface area contributed by atoms with E-state index in [1.807, 2.05) is 13.2 Å². The summed E-state index contributed by atoms with van der Waals surface area (Å²) < 4.78 is 41.5. The molecule has 2 rings (SSSR count). The van der Waals surface area contributed by atoms with Gasteiger partial charge >= 0.3 is 0 Å². The quantitative estimate of drug-likeness (QED) is 0.594. The van der Waals surface area contributed by atoms with Crippen LogP contribution in [0.2, 0.25) is 0 Å². The minimum Gasteiger partial charge on any atom is -0.351 e. The molecule has 1 aromatic rings. The molecule has 0 aromatic heterocycles. The van der Waals surface area contributed by atoms with Crippen LogP contribution in [0.3, 0.4) is 0 Å². The van der Waals surface area contributed by atoms with Gasteiger partial charge in [0.1, 0.15) is 16.8 Å². The molecule has 158 valence electrons. The van der Waals surface area contributed by atoms with E-state index >= 15 is 0 Å². The molecule has 2 N–H and O–H groups in total. The van der Waals surface area contributed by atoms with Crippen LogP contribution in [0.25, 0.3) is 0 Å². The van der Waals surface area contributed by atoms with Crippen molar-refractivity contribution >= 4 is 27.7 Å². The second-order valence-electron chi connectivity index (χ2n) is 7.16. The number of amides is 1. The third kappa shape index (κ3) is 7.02. The van der Waals surface area contributed by atoms with E-state index in [1.54, 1.807) is 0 Å². The van der Waals surface area contributed by atoms with Crippen molar-refractivity contribution in [3.8, 4) is 0 Å². The van der Waals surface area contributed by atoms with E-state index < -0.39 is 26.8 Å². The molecule has 1 amide bonds. The smallest absolute Gasteiger partial charge is 0.244 e. The minimum absolute atomic E-state index is 0.0969. The van der Waals surface area contributed by atoms with Crippen LogP contribution in [-0.4, -0.2) is 63.0 Å². The predicted octanol–water partition coefficient (Wildman–Crippen LogP) is 2.22. The molecule has 0 aliphatic carbocycles. The molecule has 28 heavy (non-hydrogen) atoms. The number of hydrogen-bond donors (Lipinski definition) is 2. The summed E-state index contributed by atoms with van der Waals surface area (Å²) in [6.45, 7) is 4.70. The Labute approximate surface area is 171 Å². The SMILES string of the molecule is CSCCC(NS(=O)(=O)c1ccccc1F)C(=O)NC(C)CN1CCCCC1. The first-order chi connectivity index (χ1) is 13.3. The highest BCUT2D eigenvalue weighted by Crippen LogP contribution is 2.15. The summed E-state index contributed by atoms with van der Waals surface area (Å²) >= 11 is 1.52. The normalized spacial score (nSPS) is 17.8. The van der Waals surface area contributed by atoms with E-state index in [9.17, 15) is 17.6 Å². The number of thioether (sulfide) groups is 1. The fourth-order valence-electron chi connectivity index (χ4n) is 3.31. The third-order valence-electron chi connectivity index (χ3n) is 4.72. The monoisotopic (exact) mass is 431 g/mol. The number of halogens is 1. The summed E-state index contributed by atoms with van der Waals surface area (Å²) in [6.07, 6.45) is 5.79. The average Bonchev–Trinajstić information content (AvgIpc) is 2.65. The second-order valence-corrected chi connectivity index (χ2v) is 9.82. The van der Waals surface area contributed by atoms with Gasteiger partial charge in [0.05, 0.1) is 0 Å². The average molecular weight is 432 g/mol. The third-order valence-corrected chi connectivity index (χ3v) is 6.87. The standard InChI is InChI=1S/C19H30FN3O3S2/c1-15(14-23-11-6-3-7-12-23)21-19(24)17(10-13-27-2)22-28(25,26)18-9-5-4-8-16(18)20/h4-5,8-9,15,17,22H,3,6-7,10-14H2,1-2H3,(H,21,24). The van der Waals surface area contributed by atoms with E-state index in [1.165, 1.54) is 49.2 Å². The van der Waals surface area contributed by atoms with E-state index in [-0.39, 0.29) is 11.9 Å². The summed E-state index contributed by atoms with van der Waals surface area (Å²) in [7, 11) is -4.13. The van der Waals surface area contributed by atoms with Crippen molar-refractivity contribution < 1.29 is 17.6 Å². The van der Waals surface area contributed by atoms with Crippen LogP contribution in [0.5, 0.6) is 0 Å². The molecule has 2 unspecified atom stereocenters. The Balaban J connectivity index is 2.02. The summed E-state index contributed by atoms with van der Waals surface area (Å²) in [5, 5.41) is 2.91. The van der Waals surface area contributed by atoms with E-state index in [0.717, 1.165) is 25.7 Å². The number of rotatable bonds is 10. The van der Waals surface area contributed by atoms with Crippen LogP contribution in [-0.2, 0) is 14.8 Å². The van der Waals surface area contributed by atoms with Crippen molar-refractivity contribution in [3.05, 3.63) is 30.1 Å². The highest BCUT2D eigenvalue weighted by molar-refractivity contribution is 7.98. The molecule has 1 saturated heterocycles. The maximum absolute atomic E-state index is 13.9. The van der Waals surface area contributed by atoms with Crippen molar-refractivity contribution in [3.63, 3.8) is 0 Å². The second kappa shape index (κ2) is 11.1.